The summed E-state index contributed by atoms with van der Waals surface area (Å²) in [6.45, 7) is 2.71. The fraction of sp³-hybridized carbons (Fsp3) is 0.545. The van der Waals surface area contributed by atoms with E-state index in [-0.39, 0.29) is 6.42 Å². The Morgan fingerprint density at radius 1 is 1.31 bits per heavy atom. The first-order valence-corrected chi connectivity index (χ1v) is 5.43. The predicted molar refractivity (Wildman–Crippen MR) is 61.4 cm³/mol. The molecule has 0 aliphatic rings. The molecule has 0 saturated carbocycles. The van der Waals surface area contributed by atoms with Gasteiger partial charge in [-0.3, -0.25) is 9.78 Å². The summed E-state index contributed by atoms with van der Waals surface area (Å²) in [5, 5.41) is 11.6. The largest absolute Gasteiger partial charge is 0.481 e. The number of aryl methyl sites for hydroxylation is 1. The number of hydrogen-bond donors (Lipinski definition) is 2. The Labute approximate surface area is 94.9 Å². The third-order valence-electron chi connectivity index (χ3n) is 2.24. The van der Waals surface area contributed by atoms with Crippen LogP contribution in [0.4, 0.5) is 5.82 Å². The van der Waals surface area contributed by atoms with E-state index in [1.54, 1.807) is 12.4 Å². The van der Waals surface area contributed by atoms with Crippen molar-refractivity contribution in [2.75, 3.05) is 11.9 Å². The summed E-state index contributed by atoms with van der Waals surface area (Å²) in [6.07, 6.45) is 6.16. The van der Waals surface area contributed by atoms with Crippen LogP contribution in [0.15, 0.2) is 12.4 Å². The number of nitrogens with one attached hydrogen (secondary N) is 1. The molecule has 0 radical (unpaired) electrons. The highest BCUT2D eigenvalue weighted by atomic mass is 16.4. The van der Waals surface area contributed by atoms with Crippen molar-refractivity contribution in [1.82, 2.24) is 9.97 Å². The van der Waals surface area contributed by atoms with Gasteiger partial charge in [0.15, 0.2) is 0 Å². The number of carboxylic acids is 1. The summed E-state index contributed by atoms with van der Waals surface area (Å²) in [5.74, 6) is 0.0819. The maximum absolute atomic E-state index is 10.3. The number of nitrogens with zero attached hydrogens (tertiary/aromatic N) is 2. The number of rotatable bonds is 7. The highest BCUT2D eigenvalue weighted by molar-refractivity contribution is 5.66. The summed E-state index contributed by atoms with van der Waals surface area (Å²) in [4.78, 5) is 18.5. The van der Waals surface area contributed by atoms with Crippen molar-refractivity contribution in [3.05, 3.63) is 18.1 Å². The van der Waals surface area contributed by atoms with E-state index in [9.17, 15) is 4.79 Å². The number of carbonyl (C=O) groups is 1. The van der Waals surface area contributed by atoms with Gasteiger partial charge >= 0.3 is 5.97 Å². The predicted octanol–water partition coefficient (Wildman–Crippen LogP) is 1.84. The lowest BCUT2D eigenvalue weighted by Gasteiger charge is -2.06. The van der Waals surface area contributed by atoms with Crippen LogP contribution in [0.1, 0.15) is 31.4 Å². The lowest BCUT2D eigenvalue weighted by molar-refractivity contribution is -0.137. The number of carboxylic acid groups (broad SMARTS) is 1. The molecule has 88 valence electrons. The van der Waals surface area contributed by atoms with E-state index in [1.807, 2.05) is 6.92 Å². The SMILES string of the molecule is Cc1nccnc1NCCCCCC(=O)O. The third kappa shape index (κ3) is 4.72. The first-order chi connectivity index (χ1) is 7.70. The molecule has 1 aromatic heterocycles. The lowest BCUT2D eigenvalue weighted by atomic mass is 10.2. The second-order valence-electron chi connectivity index (χ2n) is 3.62. The van der Waals surface area contributed by atoms with Crippen molar-refractivity contribution in [2.24, 2.45) is 0 Å². The van der Waals surface area contributed by atoms with Crippen LogP contribution in [-0.2, 0) is 4.79 Å². The minimum atomic E-state index is -0.724. The molecule has 0 aliphatic heterocycles. The van der Waals surface area contributed by atoms with Crippen LogP contribution in [0, 0.1) is 6.92 Å². The quantitative estimate of drug-likeness (QED) is 0.690. The van der Waals surface area contributed by atoms with E-state index in [0.29, 0.717) is 0 Å². The van der Waals surface area contributed by atoms with Gasteiger partial charge in [0.25, 0.3) is 0 Å². The summed E-state index contributed by atoms with van der Waals surface area (Å²) in [7, 11) is 0. The minimum Gasteiger partial charge on any atom is -0.481 e. The van der Waals surface area contributed by atoms with E-state index < -0.39 is 5.97 Å². The van der Waals surface area contributed by atoms with Gasteiger partial charge < -0.3 is 10.4 Å². The van der Waals surface area contributed by atoms with E-state index >= 15 is 0 Å². The zero-order valence-electron chi connectivity index (χ0n) is 9.44. The Balaban J connectivity index is 2.12. The Morgan fingerprint density at radius 3 is 2.75 bits per heavy atom. The maximum atomic E-state index is 10.3. The van der Waals surface area contributed by atoms with Gasteiger partial charge in [0.05, 0.1) is 5.69 Å². The molecular weight excluding hydrogens is 206 g/mol. The molecule has 5 heteroatoms. The van der Waals surface area contributed by atoms with E-state index in [0.717, 1.165) is 37.3 Å². The maximum Gasteiger partial charge on any atom is 0.303 e. The Kier molecular flexibility index (Phi) is 5.25. The van der Waals surface area contributed by atoms with Crippen molar-refractivity contribution in [2.45, 2.75) is 32.6 Å². The third-order valence-corrected chi connectivity index (χ3v) is 2.24. The number of anilines is 1. The Bertz CT molecular complexity index is 342. The molecule has 5 nitrogen and oxygen atoms in total. The first kappa shape index (κ1) is 12.4. The van der Waals surface area contributed by atoms with Crippen LogP contribution in [0.3, 0.4) is 0 Å². The van der Waals surface area contributed by atoms with Crippen LogP contribution in [0.5, 0.6) is 0 Å². The normalized spacial score (nSPS) is 10.1. The van der Waals surface area contributed by atoms with Gasteiger partial charge in [0.1, 0.15) is 5.82 Å². The molecule has 1 aromatic rings. The molecule has 0 saturated heterocycles. The highest BCUT2D eigenvalue weighted by Gasteiger charge is 1.99. The summed E-state index contributed by atoms with van der Waals surface area (Å²) in [5.41, 5.74) is 0.882. The van der Waals surface area contributed by atoms with Crippen molar-refractivity contribution in [3.8, 4) is 0 Å². The first-order valence-electron chi connectivity index (χ1n) is 5.43. The van der Waals surface area contributed by atoms with Gasteiger partial charge in [-0.15, -0.1) is 0 Å². The average molecular weight is 223 g/mol. The molecule has 0 unspecified atom stereocenters. The number of aromatic nitrogens is 2. The number of unbranched alkanes of at least 4 members (excludes halogenated alkanes) is 2. The topological polar surface area (TPSA) is 75.1 Å². The molecule has 0 amide bonds. The van der Waals surface area contributed by atoms with Crippen LogP contribution < -0.4 is 5.32 Å². The van der Waals surface area contributed by atoms with Gasteiger partial charge in [-0.25, -0.2) is 4.98 Å². The van der Waals surface area contributed by atoms with Crippen molar-refractivity contribution < 1.29 is 9.90 Å². The van der Waals surface area contributed by atoms with Gasteiger partial charge in [-0.2, -0.15) is 0 Å². The van der Waals surface area contributed by atoms with Crippen molar-refractivity contribution in [3.63, 3.8) is 0 Å². The average Bonchev–Trinajstić information content (AvgIpc) is 2.25. The molecule has 0 aliphatic carbocycles. The van der Waals surface area contributed by atoms with Gasteiger partial charge in [-0.05, 0) is 19.8 Å². The van der Waals surface area contributed by atoms with Crippen LogP contribution in [-0.4, -0.2) is 27.6 Å². The molecule has 0 spiro atoms. The molecule has 0 bridgehead atoms. The van der Waals surface area contributed by atoms with Crippen molar-refractivity contribution >= 4 is 11.8 Å². The smallest absolute Gasteiger partial charge is 0.303 e. The Hall–Kier alpha value is -1.65. The fourth-order valence-corrected chi connectivity index (χ4v) is 1.37. The zero-order valence-corrected chi connectivity index (χ0v) is 9.44. The van der Waals surface area contributed by atoms with Crippen LogP contribution in [0.2, 0.25) is 0 Å². The molecule has 16 heavy (non-hydrogen) atoms. The molecule has 2 N–H and O–H groups in total. The van der Waals surface area contributed by atoms with E-state index in [4.69, 9.17) is 5.11 Å². The van der Waals surface area contributed by atoms with E-state index in [1.165, 1.54) is 0 Å². The molecule has 0 atom stereocenters. The number of aliphatic carboxylic acids is 1. The number of hydrogen-bond acceptors (Lipinski definition) is 4. The summed E-state index contributed by atoms with van der Waals surface area (Å²) in [6, 6.07) is 0. The molecule has 0 aromatic carbocycles. The standard InChI is InChI=1S/C11H17N3O2/c1-9-11(14-8-7-12-9)13-6-4-2-3-5-10(15)16/h7-8H,2-6H2,1H3,(H,13,14)(H,15,16). The van der Waals surface area contributed by atoms with Crippen LogP contribution in [0.25, 0.3) is 0 Å². The fourth-order valence-electron chi connectivity index (χ4n) is 1.37. The molecule has 1 rings (SSSR count). The highest BCUT2D eigenvalue weighted by Crippen LogP contribution is 2.06. The molecule has 1 heterocycles. The van der Waals surface area contributed by atoms with Gasteiger partial charge in [0.2, 0.25) is 0 Å². The molecule has 0 fully saturated rings. The summed E-state index contributed by atoms with van der Waals surface area (Å²) >= 11 is 0. The van der Waals surface area contributed by atoms with Crippen LogP contribution >= 0.6 is 0 Å². The lowest BCUT2D eigenvalue weighted by Crippen LogP contribution is -2.06. The van der Waals surface area contributed by atoms with Crippen molar-refractivity contribution in [1.29, 1.82) is 0 Å². The van der Waals surface area contributed by atoms with Gasteiger partial charge in [0, 0.05) is 25.4 Å². The molecular formula is C11H17N3O2. The second-order valence-corrected chi connectivity index (χ2v) is 3.62. The second kappa shape index (κ2) is 6.76. The van der Waals surface area contributed by atoms with Gasteiger partial charge in [-0.1, -0.05) is 6.42 Å². The monoisotopic (exact) mass is 223 g/mol. The minimum absolute atomic E-state index is 0.254. The summed E-state index contributed by atoms with van der Waals surface area (Å²) < 4.78 is 0. The zero-order chi connectivity index (χ0) is 11.8. The Morgan fingerprint density at radius 2 is 2.06 bits per heavy atom. The van der Waals surface area contributed by atoms with E-state index in [2.05, 4.69) is 15.3 Å².